The molecular formula is C13H18BrNO4S. The molecule has 0 aromatic heterocycles. The first-order valence-corrected chi connectivity index (χ1v) is 8.74. The molecule has 0 radical (unpaired) electrons. The van der Waals surface area contributed by atoms with Gasteiger partial charge in [-0.1, -0.05) is 0 Å². The highest BCUT2D eigenvalue weighted by Gasteiger charge is 2.25. The Bertz CT molecular complexity index is 576. The predicted octanol–water partition coefficient (Wildman–Crippen LogP) is 2.04. The maximum atomic E-state index is 12.3. The van der Waals surface area contributed by atoms with E-state index in [1.807, 2.05) is 0 Å². The Morgan fingerprint density at radius 2 is 2.15 bits per heavy atom. The standard InChI is InChI=1S/C13H18BrNO4S/c1-19-13-6-5-11(8-12(13)14)20(17,18)15-9-3-2-4-10(16)7-9/h5-6,8-10,15-16H,2-4,7H2,1H3. The molecule has 0 aliphatic heterocycles. The fourth-order valence-corrected chi connectivity index (χ4v) is 4.37. The van der Waals surface area contributed by atoms with Crippen LogP contribution in [0.2, 0.25) is 0 Å². The van der Waals surface area contributed by atoms with E-state index in [9.17, 15) is 13.5 Å². The summed E-state index contributed by atoms with van der Waals surface area (Å²) in [5.41, 5.74) is 0. The number of aliphatic hydroxyl groups is 1. The van der Waals surface area contributed by atoms with E-state index >= 15 is 0 Å². The van der Waals surface area contributed by atoms with Crippen LogP contribution in [-0.2, 0) is 10.0 Å². The maximum absolute atomic E-state index is 12.3. The lowest BCUT2D eigenvalue weighted by molar-refractivity contribution is 0.117. The van der Waals surface area contributed by atoms with Crippen molar-refractivity contribution in [3.8, 4) is 5.75 Å². The Morgan fingerprint density at radius 3 is 2.75 bits per heavy atom. The topological polar surface area (TPSA) is 75.6 Å². The van der Waals surface area contributed by atoms with Gasteiger partial charge in [0.1, 0.15) is 5.75 Å². The molecule has 2 N–H and O–H groups in total. The van der Waals surface area contributed by atoms with Gasteiger partial charge >= 0.3 is 0 Å². The molecule has 1 aromatic carbocycles. The molecule has 0 saturated heterocycles. The summed E-state index contributed by atoms with van der Waals surface area (Å²) >= 11 is 3.28. The van der Waals surface area contributed by atoms with Crippen molar-refractivity contribution in [2.75, 3.05) is 7.11 Å². The molecule has 20 heavy (non-hydrogen) atoms. The fourth-order valence-electron chi connectivity index (χ4n) is 2.37. The van der Waals surface area contributed by atoms with Gasteiger partial charge in [-0.15, -0.1) is 0 Å². The first-order chi connectivity index (χ1) is 9.42. The van der Waals surface area contributed by atoms with Gasteiger partial charge in [0.2, 0.25) is 10.0 Å². The lowest BCUT2D eigenvalue weighted by atomic mass is 9.94. The summed E-state index contributed by atoms with van der Waals surface area (Å²) in [5.74, 6) is 0.581. The van der Waals surface area contributed by atoms with Crippen LogP contribution in [0.15, 0.2) is 27.6 Å². The van der Waals surface area contributed by atoms with Crippen LogP contribution >= 0.6 is 15.9 Å². The van der Waals surface area contributed by atoms with Gasteiger partial charge in [-0.3, -0.25) is 0 Å². The van der Waals surface area contributed by atoms with E-state index in [4.69, 9.17) is 4.74 Å². The van der Waals surface area contributed by atoms with Gasteiger partial charge in [-0.25, -0.2) is 13.1 Å². The van der Waals surface area contributed by atoms with E-state index in [-0.39, 0.29) is 10.9 Å². The Kier molecular flexibility index (Phi) is 5.06. The van der Waals surface area contributed by atoms with Crippen LogP contribution in [0.5, 0.6) is 5.75 Å². The van der Waals surface area contributed by atoms with Crippen LogP contribution in [0, 0.1) is 0 Å². The number of rotatable bonds is 4. The van der Waals surface area contributed by atoms with Crippen LogP contribution in [0.3, 0.4) is 0 Å². The van der Waals surface area contributed by atoms with Gasteiger partial charge < -0.3 is 9.84 Å². The van der Waals surface area contributed by atoms with Crippen molar-refractivity contribution in [3.05, 3.63) is 22.7 Å². The van der Waals surface area contributed by atoms with Crippen LogP contribution < -0.4 is 9.46 Å². The second-order valence-corrected chi connectivity index (χ2v) is 7.50. The molecule has 1 aromatic rings. The van der Waals surface area contributed by atoms with Crippen LogP contribution in [0.4, 0.5) is 0 Å². The van der Waals surface area contributed by atoms with Crippen molar-refractivity contribution >= 4 is 26.0 Å². The van der Waals surface area contributed by atoms with Crippen LogP contribution in [-0.4, -0.2) is 32.8 Å². The molecule has 1 saturated carbocycles. The van der Waals surface area contributed by atoms with Crippen molar-refractivity contribution in [1.82, 2.24) is 4.72 Å². The largest absolute Gasteiger partial charge is 0.496 e. The zero-order valence-corrected chi connectivity index (χ0v) is 13.6. The highest BCUT2D eigenvalue weighted by atomic mass is 79.9. The second kappa shape index (κ2) is 6.43. The molecule has 5 nitrogen and oxygen atoms in total. The summed E-state index contributed by atoms with van der Waals surface area (Å²) in [6, 6.07) is 4.42. The number of halogens is 1. The number of methoxy groups -OCH3 is 1. The number of hydrogen-bond acceptors (Lipinski definition) is 4. The quantitative estimate of drug-likeness (QED) is 0.858. The molecule has 2 unspecified atom stereocenters. The van der Waals surface area contributed by atoms with Gasteiger partial charge in [0, 0.05) is 6.04 Å². The molecule has 112 valence electrons. The molecule has 0 spiro atoms. The summed E-state index contributed by atoms with van der Waals surface area (Å²) in [6.45, 7) is 0. The van der Waals surface area contributed by atoms with Crippen LogP contribution in [0.1, 0.15) is 25.7 Å². The van der Waals surface area contributed by atoms with Gasteiger partial charge in [-0.2, -0.15) is 0 Å². The fraction of sp³-hybridized carbons (Fsp3) is 0.538. The monoisotopic (exact) mass is 363 g/mol. The van der Waals surface area contributed by atoms with Gasteiger partial charge in [0.05, 0.1) is 22.6 Å². The highest BCUT2D eigenvalue weighted by molar-refractivity contribution is 9.10. The highest BCUT2D eigenvalue weighted by Crippen LogP contribution is 2.28. The third-order valence-corrected chi connectivity index (χ3v) is 5.54. The van der Waals surface area contributed by atoms with Gasteiger partial charge in [-0.05, 0) is 59.8 Å². The van der Waals surface area contributed by atoms with Crippen molar-refractivity contribution in [2.24, 2.45) is 0 Å². The summed E-state index contributed by atoms with van der Waals surface area (Å²) in [6.07, 6.45) is 2.39. The summed E-state index contributed by atoms with van der Waals surface area (Å²) < 4.78 is 32.9. The average Bonchev–Trinajstić information content (AvgIpc) is 2.38. The van der Waals surface area contributed by atoms with Crippen molar-refractivity contribution in [3.63, 3.8) is 0 Å². The molecule has 2 atom stereocenters. The number of benzene rings is 1. The molecule has 2 rings (SSSR count). The minimum Gasteiger partial charge on any atom is -0.496 e. The van der Waals surface area contributed by atoms with Crippen molar-refractivity contribution in [1.29, 1.82) is 0 Å². The Hall–Kier alpha value is -0.630. The third kappa shape index (κ3) is 3.72. The van der Waals surface area contributed by atoms with Crippen molar-refractivity contribution < 1.29 is 18.3 Å². The number of nitrogens with one attached hydrogen (secondary N) is 1. The predicted molar refractivity (Wildman–Crippen MR) is 79.3 cm³/mol. The number of hydrogen-bond donors (Lipinski definition) is 2. The number of aliphatic hydroxyl groups excluding tert-OH is 1. The molecule has 0 bridgehead atoms. The SMILES string of the molecule is COc1ccc(S(=O)(=O)NC2CCCC(O)C2)cc1Br. The van der Waals surface area contributed by atoms with E-state index in [1.165, 1.54) is 19.2 Å². The first-order valence-electron chi connectivity index (χ1n) is 6.46. The smallest absolute Gasteiger partial charge is 0.240 e. The minimum absolute atomic E-state index is 0.185. The van der Waals surface area contributed by atoms with Gasteiger partial charge in [0.25, 0.3) is 0 Å². The van der Waals surface area contributed by atoms with Crippen molar-refractivity contribution in [2.45, 2.75) is 42.7 Å². The molecule has 0 amide bonds. The van der Waals surface area contributed by atoms with E-state index in [1.54, 1.807) is 6.07 Å². The number of sulfonamides is 1. The molecule has 1 aliphatic carbocycles. The molecular weight excluding hydrogens is 346 g/mol. The molecule has 1 aliphatic rings. The van der Waals surface area contributed by atoms with Crippen LogP contribution in [0.25, 0.3) is 0 Å². The Labute approximate surface area is 127 Å². The minimum atomic E-state index is -3.58. The van der Waals surface area contributed by atoms with E-state index in [2.05, 4.69) is 20.7 Å². The zero-order valence-electron chi connectivity index (χ0n) is 11.2. The Morgan fingerprint density at radius 1 is 1.40 bits per heavy atom. The lowest BCUT2D eigenvalue weighted by Gasteiger charge is -2.26. The number of ether oxygens (including phenoxy) is 1. The summed E-state index contributed by atoms with van der Waals surface area (Å²) in [7, 11) is -2.05. The first kappa shape index (κ1) is 15.8. The molecule has 0 heterocycles. The third-order valence-electron chi connectivity index (χ3n) is 3.40. The van der Waals surface area contributed by atoms with Gasteiger partial charge in [0.15, 0.2) is 0 Å². The Balaban J connectivity index is 2.15. The maximum Gasteiger partial charge on any atom is 0.240 e. The van der Waals surface area contributed by atoms with E-state index in [0.717, 1.165) is 19.3 Å². The van der Waals surface area contributed by atoms with E-state index in [0.29, 0.717) is 16.6 Å². The average molecular weight is 364 g/mol. The summed E-state index contributed by atoms with van der Waals surface area (Å²) in [4.78, 5) is 0.185. The molecule has 7 heteroatoms. The van der Waals surface area contributed by atoms with E-state index < -0.39 is 16.1 Å². The second-order valence-electron chi connectivity index (χ2n) is 4.93. The zero-order chi connectivity index (χ0) is 14.8. The molecule has 1 fully saturated rings. The normalized spacial score (nSPS) is 23.6. The summed E-state index contributed by atoms with van der Waals surface area (Å²) in [5, 5.41) is 9.60. The lowest BCUT2D eigenvalue weighted by Crippen LogP contribution is -2.39.